The first-order valence-corrected chi connectivity index (χ1v) is 9.03. The fourth-order valence-electron chi connectivity index (χ4n) is 1.76. The Bertz CT molecular complexity index is 293. The van der Waals surface area contributed by atoms with Crippen LogP contribution in [0, 0.1) is 0 Å². The summed E-state index contributed by atoms with van der Waals surface area (Å²) in [5, 5.41) is 3.44. The Labute approximate surface area is 118 Å². The van der Waals surface area contributed by atoms with Crippen LogP contribution in [0.3, 0.4) is 0 Å². The summed E-state index contributed by atoms with van der Waals surface area (Å²) in [6.07, 6.45) is 4.86. The molecule has 0 bridgehead atoms. The zero-order chi connectivity index (χ0) is 14.6. The topological polar surface area (TPSA) is 64.6 Å². The predicted octanol–water partition coefficient (Wildman–Crippen LogP) is 1.23. The molecule has 0 aromatic rings. The van der Waals surface area contributed by atoms with Crippen LogP contribution in [-0.2, 0) is 19.3 Å². The number of hydrogen-bond acceptors (Lipinski definition) is 5. The third-order valence-electron chi connectivity index (χ3n) is 2.79. The van der Waals surface area contributed by atoms with Crippen molar-refractivity contribution in [3.8, 4) is 0 Å². The zero-order valence-corrected chi connectivity index (χ0v) is 13.3. The average Bonchev–Trinajstić information content (AvgIpc) is 2.33. The van der Waals surface area contributed by atoms with Crippen LogP contribution in [-0.4, -0.2) is 59.9 Å². The Morgan fingerprint density at radius 2 is 1.89 bits per heavy atom. The number of sulfone groups is 1. The molecule has 0 heterocycles. The lowest BCUT2D eigenvalue weighted by Crippen LogP contribution is -2.31. The molecule has 0 saturated carbocycles. The molecule has 1 unspecified atom stereocenters. The van der Waals surface area contributed by atoms with E-state index in [1.54, 1.807) is 7.11 Å². The number of ether oxygens (including phenoxy) is 2. The van der Waals surface area contributed by atoms with Crippen molar-refractivity contribution in [3.63, 3.8) is 0 Å². The minimum absolute atomic E-state index is 0.266. The van der Waals surface area contributed by atoms with Crippen LogP contribution in [0.2, 0.25) is 0 Å². The molecule has 0 aliphatic heterocycles. The average molecular weight is 295 g/mol. The lowest BCUT2D eigenvalue weighted by molar-refractivity contribution is 0.0654. The van der Waals surface area contributed by atoms with E-state index >= 15 is 0 Å². The number of methoxy groups -OCH3 is 1. The Kier molecular flexibility index (Phi) is 11.5. The van der Waals surface area contributed by atoms with Gasteiger partial charge in [-0.05, 0) is 32.2 Å². The normalized spacial score (nSPS) is 13.6. The Balaban J connectivity index is 3.81. The van der Waals surface area contributed by atoms with E-state index in [0.29, 0.717) is 32.3 Å². The SMILES string of the molecule is CCCNC(CCCS(C)(=O)=O)CCOCCOC. The number of nitrogens with one attached hydrogen (secondary N) is 1. The molecule has 0 rings (SSSR count). The fourth-order valence-corrected chi connectivity index (χ4v) is 2.45. The molecule has 19 heavy (non-hydrogen) atoms. The van der Waals surface area contributed by atoms with Gasteiger partial charge >= 0.3 is 0 Å². The van der Waals surface area contributed by atoms with Crippen LogP contribution < -0.4 is 5.32 Å². The first-order chi connectivity index (χ1) is 8.99. The Morgan fingerprint density at radius 1 is 1.16 bits per heavy atom. The molecule has 0 saturated heterocycles. The van der Waals surface area contributed by atoms with Gasteiger partial charge in [0, 0.05) is 31.8 Å². The van der Waals surface area contributed by atoms with Gasteiger partial charge in [-0.15, -0.1) is 0 Å². The van der Waals surface area contributed by atoms with E-state index in [1.165, 1.54) is 6.26 Å². The van der Waals surface area contributed by atoms with Crippen molar-refractivity contribution in [2.24, 2.45) is 0 Å². The van der Waals surface area contributed by atoms with E-state index in [2.05, 4.69) is 12.2 Å². The maximum Gasteiger partial charge on any atom is 0.147 e. The van der Waals surface area contributed by atoms with Gasteiger partial charge in [0.1, 0.15) is 9.84 Å². The molecule has 0 radical (unpaired) electrons. The minimum Gasteiger partial charge on any atom is -0.382 e. The summed E-state index contributed by atoms with van der Waals surface area (Å²) in [6, 6.07) is 0.337. The number of hydrogen-bond donors (Lipinski definition) is 1. The van der Waals surface area contributed by atoms with Gasteiger partial charge in [-0.2, -0.15) is 0 Å². The van der Waals surface area contributed by atoms with E-state index in [9.17, 15) is 8.42 Å². The summed E-state index contributed by atoms with van der Waals surface area (Å²) >= 11 is 0. The molecular formula is C13H29NO4S. The second kappa shape index (κ2) is 11.6. The molecule has 0 aliphatic rings. The Hall–Kier alpha value is -0.170. The van der Waals surface area contributed by atoms with Crippen LogP contribution in [0.15, 0.2) is 0 Å². The van der Waals surface area contributed by atoms with Gasteiger partial charge in [0.2, 0.25) is 0 Å². The van der Waals surface area contributed by atoms with Gasteiger partial charge in [-0.25, -0.2) is 8.42 Å². The summed E-state index contributed by atoms with van der Waals surface area (Å²) in [5.74, 6) is 0.266. The highest BCUT2D eigenvalue weighted by Gasteiger charge is 2.09. The van der Waals surface area contributed by atoms with Crippen LogP contribution in [0.4, 0.5) is 0 Å². The van der Waals surface area contributed by atoms with Crippen LogP contribution in [0.25, 0.3) is 0 Å². The summed E-state index contributed by atoms with van der Waals surface area (Å²) in [5.41, 5.74) is 0. The van der Waals surface area contributed by atoms with Crippen molar-refractivity contribution >= 4 is 9.84 Å². The highest BCUT2D eigenvalue weighted by molar-refractivity contribution is 7.90. The second-order valence-electron chi connectivity index (χ2n) is 4.82. The molecule has 6 heteroatoms. The molecule has 0 spiro atoms. The van der Waals surface area contributed by atoms with E-state index in [4.69, 9.17) is 9.47 Å². The maximum atomic E-state index is 11.1. The summed E-state index contributed by atoms with van der Waals surface area (Å²) in [7, 11) is -1.20. The second-order valence-corrected chi connectivity index (χ2v) is 7.08. The van der Waals surface area contributed by atoms with Crippen molar-refractivity contribution in [1.82, 2.24) is 5.32 Å². The minimum atomic E-state index is -2.85. The number of rotatable bonds is 13. The van der Waals surface area contributed by atoms with Crippen LogP contribution >= 0.6 is 0 Å². The van der Waals surface area contributed by atoms with Crippen LogP contribution in [0.1, 0.15) is 32.6 Å². The van der Waals surface area contributed by atoms with Crippen molar-refractivity contribution < 1.29 is 17.9 Å². The van der Waals surface area contributed by atoms with E-state index in [0.717, 1.165) is 25.8 Å². The summed E-state index contributed by atoms with van der Waals surface area (Å²) < 4.78 is 32.6. The highest BCUT2D eigenvalue weighted by Crippen LogP contribution is 2.05. The van der Waals surface area contributed by atoms with E-state index < -0.39 is 9.84 Å². The van der Waals surface area contributed by atoms with Crippen molar-refractivity contribution in [2.75, 3.05) is 45.5 Å². The van der Waals surface area contributed by atoms with Gasteiger partial charge in [-0.3, -0.25) is 0 Å². The molecule has 5 nitrogen and oxygen atoms in total. The molecule has 116 valence electrons. The lowest BCUT2D eigenvalue weighted by Gasteiger charge is -2.18. The largest absolute Gasteiger partial charge is 0.382 e. The molecule has 0 fully saturated rings. The third kappa shape index (κ3) is 14.1. The highest BCUT2D eigenvalue weighted by atomic mass is 32.2. The van der Waals surface area contributed by atoms with Crippen molar-refractivity contribution in [3.05, 3.63) is 0 Å². The molecular weight excluding hydrogens is 266 g/mol. The van der Waals surface area contributed by atoms with Gasteiger partial charge in [0.05, 0.1) is 13.2 Å². The molecule has 0 amide bonds. The molecule has 1 N–H and O–H groups in total. The predicted molar refractivity (Wildman–Crippen MR) is 78.3 cm³/mol. The smallest absolute Gasteiger partial charge is 0.147 e. The third-order valence-corrected chi connectivity index (χ3v) is 3.82. The molecule has 0 aromatic carbocycles. The fraction of sp³-hybridized carbons (Fsp3) is 1.00. The standard InChI is InChI=1S/C13H29NO4S/c1-4-8-14-13(6-5-12-19(3,15)16)7-9-18-11-10-17-2/h13-14H,4-12H2,1-3H3. The van der Waals surface area contributed by atoms with Gasteiger partial charge in [0.25, 0.3) is 0 Å². The monoisotopic (exact) mass is 295 g/mol. The van der Waals surface area contributed by atoms with Crippen molar-refractivity contribution in [2.45, 2.75) is 38.6 Å². The van der Waals surface area contributed by atoms with Gasteiger partial charge in [0.15, 0.2) is 0 Å². The quantitative estimate of drug-likeness (QED) is 0.518. The zero-order valence-electron chi connectivity index (χ0n) is 12.5. The van der Waals surface area contributed by atoms with Crippen LogP contribution in [0.5, 0.6) is 0 Å². The van der Waals surface area contributed by atoms with Gasteiger partial charge < -0.3 is 14.8 Å². The first kappa shape index (κ1) is 18.8. The van der Waals surface area contributed by atoms with Crippen molar-refractivity contribution in [1.29, 1.82) is 0 Å². The molecule has 1 atom stereocenters. The van der Waals surface area contributed by atoms with E-state index in [1.807, 2.05) is 0 Å². The molecule has 0 aromatic heterocycles. The molecule has 0 aliphatic carbocycles. The Morgan fingerprint density at radius 3 is 2.47 bits per heavy atom. The summed E-state index contributed by atoms with van der Waals surface area (Å²) in [4.78, 5) is 0. The van der Waals surface area contributed by atoms with Gasteiger partial charge in [-0.1, -0.05) is 6.92 Å². The maximum absolute atomic E-state index is 11.1. The first-order valence-electron chi connectivity index (χ1n) is 6.97. The van der Waals surface area contributed by atoms with E-state index in [-0.39, 0.29) is 5.75 Å². The summed E-state index contributed by atoms with van der Waals surface area (Å²) in [6.45, 7) is 4.99. The lowest BCUT2D eigenvalue weighted by atomic mass is 10.1.